The van der Waals surface area contributed by atoms with Crippen LogP contribution in [0.2, 0.25) is 0 Å². The van der Waals surface area contributed by atoms with Crippen LogP contribution in [0.1, 0.15) is 36.8 Å². The van der Waals surface area contributed by atoms with Gasteiger partial charge in [0.2, 0.25) is 17.6 Å². The van der Waals surface area contributed by atoms with Crippen LogP contribution < -0.4 is 9.64 Å². The summed E-state index contributed by atoms with van der Waals surface area (Å²) < 4.78 is 79.0. The summed E-state index contributed by atoms with van der Waals surface area (Å²) in [4.78, 5) is 51.9. The van der Waals surface area contributed by atoms with E-state index in [1.807, 2.05) is 0 Å². The van der Waals surface area contributed by atoms with Crippen molar-refractivity contribution in [1.29, 1.82) is 0 Å². The molecule has 6 unspecified atom stereocenters. The van der Waals surface area contributed by atoms with Gasteiger partial charge in [-0.2, -0.15) is 0 Å². The highest BCUT2D eigenvalue weighted by molar-refractivity contribution is 6.58. The summed E-state index contributed by atoms with van der Waals surface area (Å²) in [6.07, 6.45) is 1.05. The number of likely N-dealkylation sites (tertiary alicyclic amines) is 1. The van der Waals surface area contributed by atoms with E-state index in [2.05, 4.69) is 0 Å². The Morgan fingerprint density at radius 3 is 2.12 bits per heavy atom. The van der Waals surface area contributed by atoms with Crippen LogP contribution in [0.5, 0.6) is 17.2 Å². The fourth-order valence-electron chi connectivity index (χ4n) is 8.15. The zero-order chi connectivity index (χ0) is 37.6. The van der Waals surface area contributed by atoms with Crippen molar-refractivity contribution >= 4 is 52.5 Å². The molecule has 0 aromatic heterocycles. The number of hydrogen-bond acceptors (Lipinski definition) is 7. The van der Waals surface area contributed by atoms with Crippen LogP contribution in [0, 0.1) is 46.8 Å². The molecule has 0 bridgehead atoms. The topological polar surface area (TPSA) is 124 Å². The SMILES string of the molecule is CCOc1cccc(C2C3=CCC4C(=O)N(CCc5ccc(O)cc5)C(=O)C4C3CC3(Cl)C(=O)N(c4c(F)c(F)c(F)c(F)c4F)C(=O)C23Cl)c1O. The zero-order valence-electron chi connectivity index (χ0n) is 26.9. The number of alkyl halides is 2. The summed E-state index contributed by atoms with van der Waals surface area (Å²) in [6, 6.07) is 10.3. The van der Waals surface area contributed by atoms with Gasteiger partial charge >= 0.3 is 0 Å². The van der Waals surface area contributed by atoms with Gasteiger partial charge in [-0.15, -0.1) is 23.2 Å². The molecule has 2 N–H and O–H groups in total. The van der Waals surface area contributed by atoms with Gasteiger partial charge in [-0.05, 0) is 55.9 Å². The highest BCUT2D eigenvalue weighted by atomic mass is 35.5. The van der Waals surface area contributed by atoms with Crippen LogP contribution in [0.15, 0.2) is 54.1 Å². The number of phenolic OH excluding ortho intramolecular Hbond substituents is 2. The van der Waals surface area contributed by atoms with Crippen molar-refractivity contribution in [2.24, 2.45) is 17.8 Å². The Morgan fingerprint density at radius 2 is 1.48 bits per heavy atom. The molecule has 3 aromatic carbocycles. The molecule has 3 fully saturated rings. The van der Waals surface area contributed by atoms with E-state index in [0.717, 1.165) is 4.90 Å². The third kappa shape index (κ3) is 4.79. The van der Waals surface area contributed by atoms with E-state index in [9.17, 15) is 42.6 Å². The lowest BCUT2D eigenvalue weighted by molar-refractivity contribution is -0.140. The van der Waals surface area contributed by atoms with E-state index in [1.165, 1.54) is 36.4 Å². The molecular formula is C36H27Cl2F5N2O7. The molecule has 0 radical (unpaired) electrons. The van der Waals surface area contributed by atoms with Gasteiger partial charge in [-0.3, -0.25) is 24.1 Å². The number of imide groups is 2. The minimum atomic E-state index is -2.78. The summed E-state index contributed by atoms with van der Waals surface area (Å²) in [5.41, 5.74) is -1.14. The van der Waals surface area contributed by atoms with E-state index < -0.39 is 104 Å². The Kier molecular flexibility index (Phi) is 8.56. The number of carbonyl (C=O) groups is 4. The van der Waals surface area contributed by atoms with Gasteiger partial charge in [0.15, 0.2) is 44.5 Å². The predicted octanol–water partition coefficient (Wildman–Crippen LogP) is 6.00. The number of allylic oxidation sites excluding steroid dienone is 2. The molecule has 272 valence electrons. The van der Waals surface area contributed by atoms with Gasteiger partial charge in [0.25, 0.3) is 11.8 Å². The molecule has 1 saturated carbocycles. The minimum absolute atomic E-state index is 0.0235. The number of fused-ring (bicyclic) bond motifs is 4. The largest absolute Gasteiger partial charge is 0.508 e. The summed E-state index contributed by atoms with van der Waals surface area (Å²) in [5.74, 6) is -22.3. The fourth-order valence-corrected chi connectivity index (χ4v) is 9.07. The first-order valence-corrected chi connectivity index (χ1v) is 16.9. The summed E-state index contributed by atoms with van der Waals surface area (Å²) in [6.45, 7) is 1.65. The number of rotatable bonds is 7. The molecule has 0 spiro atoms. The third-order valence-electron chi connectivity index (χ3n) is 10.5. The smallest absolute Gasteiger partial charge is 0.258 e. The van der Waals surface area contributed by atoms with Gasteiger partial charge in [0.05, 0.1) is 18.4 Å². The Balaban J connectivity index is 1.38. The number of benzene rings is 3. The predicted molar refractivity (Wildman–Crippen MR) is 174 cm³/mol. The van der Waals surface area contributed by atoms with E-state index in [1.54, 1.807) is 19.1 Å². The molecule has 52 heavy (non-hydrogen) atoms. The monoisotopic (exact) mass is 764 g/mol. The second-order valence-corrected chi connectivity index (χ2v) is 14.3. The van der Waals surface area contributed by atoms with Crippen molar-refractivity contribution in [1.82, 2.24) is 4.90 Å². The molecular weight excluding hydrogens is 738 g/mol. The molecule has 16 heteroatoms. The highest BCUT2D eigenvalue weighted by Gasteiger charge is 2.77. The lowest BCUT2D eigenvalue weighted by atomic mass is 9.56. The number of amides is 4. The Bertz CT molecular complexity index is 2090. The number of ether oxygens (including phenoxy) is 1. The first-order valence-electron chi connectivity index (χ1n) is 16.2. The van der Waals surface area contributed by atoms with Crippen molar-refractivity contribution in [3.8, 4) is 17.2 Å². The third-order valence-corrected chi connectivity index (χ3v) is 11.9. The molecule has 9 nitrogen and oxygen atoms in total. The maximum absolute atomic E-state index is 15.3. The summed E-state index contributed by atoms with van der Waals surface area (Å²) in [5, 5.41) is 21.1. The molecule has 2 heterocycles. The van der Waals surface area contributed by atoms with Crippen molar-refractivity contribution in [2.45, 2.75) is 41.9 Å². The number of halogens is 7. The molecule has 7 rings (SSSR count). The van der Waals surface area contributed by atoms with Crippen LogP contribution >= 0.6 is 23.2 Å². The molecule has 2 aliphatic heterocycles. The van der Waals surface area contributed by atoms with Gasteiger partial charge in [-0.25, -0.2) is 26.9 Å². The second kappa shape index (κ2) is 12.5. The van der Waals surface area contributed by atoms with E-state index >= 15 is 8.78 Å². The maximum Gasteiger partial charge on any atom is 0.258 e. The molecule has 4 amide bonds. The van der Waals surface area contributed by atoms with Gasteiger partial charge < -0.3 is 14.9 Å². The standard InChI is InChI=1S/C36H27Cl2F5N2O7/c1-2-52-21-5-3-4-19(30(21)47)23-17-10-11-18-22(32(49)44(31(18)48)13-12-15-6-8-16(46)9-7-15)20(17)14-35(37)33(50)45(34(51)36(23,35)38)29-27(42)25(40)24(39)26(41)28(29)43/h3-10,18,20,22-23,46-47H,2,11-14H2,1H3. The molecule has 2 saturated heterocycles. The number of para-hydroxylation sites is 1. The van der Waals surface area contributed by atoms with Gasteiger partial charge in [-0.1, -0.05) is 35.9 Å². The Morgan fingerprint density at radius 1 is 0.846 bits per heavy atom. The van der Waals surface area contributed by atoms with Crippen molar-refractivity contribution in [3.63, 3.8) is 0 Å². The van der Waals surface area contributed by atoms with E-state index in [4.69, 9.17) is 27.9 Å². The number of aromatic hydroxyl groups is 2. The molecule has 4 aliphatic rings. The first kappa shape index (κ1) is 35.7. The van der Waals surface area contributed by atoms with Crippen LogP contribution in [-0.2, 0) is 25.6 Å². The number of nitrogens with zero attached hydrogens (tertiary/aromatic N) is 2. The lowest BCUT2D eigenvalue weighted by Crippen LogP contribution is -2.60. The summed E-state index contributed by atoms with van der Waals surface area (Å²) >= 11 is 14.3. The van der Waals surface area contributed by atoms with Crippen molar-refractivity contribution < 1.29 is 56.1 Å². The number of hydrogen-bond donors (Lipinski definition) is 2. The van der Waals surface area contributed by atoms with Crippen molar-refractivity contribution in [2.75, 3.05) is 18.1 Å². The van der Waals surface area contributed by atoms with Crippen LogP contribution in [0.4, 0.5) is 27.6 Å². The normalized spacial score (nSPS) is 28.2. The Labute approximate surface area is 302 Å². The van der Waals surface area contributed by atoms with Crippen LogP contribution in [0.3, 0.4) is 0 Å². The molecule has 6 atom stereocenters. The zero-order valence-corrected chi connectivity index (χ0v) is 28.5. The fraction of sp³-hybridized carbons (Fsp3) is 0.333. The lowest BCUT2D eigenvalue weighted by Gasteiger charge is -2.50. The molecule has 2 aliphatic carbocycles. The number of anilines is 1. The average Bonchev–Trinajstić information content (AvgIpc) is 3.45. The van der Waals surface area contributed by atoms with Crippen molar-refractivity contribution in [3.05, 3.63) is 94.3 Å². The average molecular weight is 766 g/mol. The second-order valence-electron chi connectivity index (χ2n) is 13.1. The maximum atomic E-state index is 15.3. The number of carbonyl (C=O) groups excluding carboxylic acids is 4. The van der Waals surface area contributed by atoms with Gasteiger partial charge in [0.1, 0.15) is 11.4 Å². The van der Waals surface area contributed by atoms with E-state index in [0.29, 0.717) is 5.56 Å². The first-order chi connectivity index (χ1) is 24.6. The summed E-state index contributed by atoms with van der Waals surface area (Å²) in [7, 11) is 0. The van der Waals surface area contributed by atoms with Crippen LogP contribution in [-0.4, -0.2) is 61.6 Å². The van der Waals surface area contributed by atoms with Crippen LogP contribution in [0.25, 0.3) is 0 Å². The molecule has 3 aromatic rings. The van der Waals surface area contributed by atoms with Gasteiger partial charge in [0, 0.05) is 18.0 Å². The van der Waals surface area contributed by atoms with E-state index in [-0.39, 0.29) is 53.5 Å². The Hall–Kier alpha value is -4.69. The highest BCUT2D eigenvalue weighted by Crippen LogP contribution is 2.67. The quantitative estimate of drug-likeness (QED) is 0.0756. The number of phenols is 2. The minimum Gasteiger partial charge on any atom is -0.508 e.